The smallest absolute Gasteiger partial charge is 0.135 e. The monoisotopic (exact) mass is 978 g/mol. The first-order valence-electron chi connectivity index (χ1n) is 20.8. The molecule has 0 fully saturated rings. The summed E-state index contributed by atoms with van der Waals surface area (Å²) < 4.78 is 9.04. The molecule has 0 bridgehead atoms. The predicted molar refractivity (Wildman–Crippen MR) is 249 cm³/mol. The second-order valence-corrected chi connectivity index (χ2v) is 18.4. The first-order valence-corrected chi connectivity index (χ1v) is 20.8. The van der Waals surface area contributed by atoms with Gasteiger partial charge >= 0.3 is 0 Å². The summed E-state index contributed by atoms with van der Waals surface area (Å²) >= 11 is 0. The van der Waals surface area contributed by atoms with Crippen LogP contribution in [-0.4, -0.2) is 9.55 Å². The van der Waals surface area contributed by atoms with Crippen molar-refractivity contribution in [3.05, 3.63) is 199 Å². The Labute approximate surface area is 375 Å². The maximum absolute atomic E-state index is 6.79. The minimum absolute atomic E-state index is 0. The van der Waals surface area contributed by atoms with E-state index in [1.54, 1.807) is 0 Å². The first-order chi connectivity index (χ1) is 28.7. The van der Waals surface area contributed by atoms with Crippen LogP contribution in [0.25, 0.3) is 38.8 Å². The van der Waals surface area contributed by atoms with Crippen molar-refractivity contribution in [2.75, 3.05) is 9.80 Å². The number of nitrogens with zero attached hydrogens (tertiary/aromatic N) is 4. The molecule has 0 spiro atoms. The summed E-state index contributed by atoms with van der Waals surface area (Å²) in [5, 5.41) is 2.22. The molecule has 0 unspecified atom stereocenters. The molecule has 0 amide bonds. The van der Waals surface area contributed by atoms with Crippen molar-refractivity contribution < 1.29 is 25.8 Å². The van der Waals surface area contributed by atoms with Crippen LogP contribution >= 0.6 is 0 Å². The van der Waals surface area contributed by atoms with E-state index in [0.29, 0.717) is 11.5 Å². The fraction of sp³-hybridized carbons (Fsp3) is 0.200. The average Bonchev–Trinajstić information content (AvgIpc) is 3.87. The van der Waals surface area contributed by atoms with Crippen molar-refractivity contribution in [2.24, 2.45) is 0 Å². The van der Waals surface area contributed by atoms with Crippen LogP contribution in [0.1, 0.15) is 77.6 Å². The van der Waals surface area contributed by atoms with E-state index in [-0.39, 0.29) is 37.3 Å². The number of pyridine rings is 1. The van der Waals surface area contributed by atoms with Crippen molar-refractivity contribution in [1.29, 1.82) is 0 Å². The van der Waals surface area contributed by atoms with E-state index in [1.807, 2.05) is 18.3 Å². The fourth-order valence-electron chi connectivity index (χ4n) is 8.06. The van der Waals surface area contributed by atoms with E-state index in [1.165, 1.54) is 22.3 Å². The second-order valence-electron chi connectivity index (χ2n) is 18.4. The van der Waals surface area contributed by atoms with Crippen molar-refractivity contribution in [2.45, 2.75) is 71.6 Å². The van der Waals surface area contributed by atoms with Gasteiger partial charge in [-0.3, -0.25) is 0 Å². The van der Waals surface area contributed by atoms with Gasteiger partial charge in [0.05, 0.1) is 0 Å². The third kappa shape index (κ3) is 8.29. The minimum Gasteiger partial charge on any atom is -0.509 e. The Hall–Kier alpha value is -5.90. The molecule has 0 saturated carbocycles. The Balaban J connectivity index is 0.00000514. The van der Waals surface area contributed by atoms with Crippen LogP contribution in [0.2, 0.25) is 0 Å². The van der Waals surface area contributed by atoms with E-state index in [9.17, 15) is 0 Å². The number of ether oxygens (including phenoxy) is 1. The van der Waals surface area contributed by atoms with Crippen LogP contribution in [-0.2, 0) is 37.3 Å². The van der Waals surface area contributed by atoms with Gasteiger partial charge in [0, 0.05) is 55.4 Å². The molecule has 0 aliphatic carbocycles. The molecule has 8 aromatic rings. The van der Waals surface area contributed by atoms with Gasteiger partial charge in [0.15, 0.2) is 0 Å². The number of hydrogen-bond acceptors (Lipinski definition) is 4. The van der Waals surface area contributed by atoms with Crippen LogP contribution < -0.4 is 14.5 Å². The summed E-state index contributed by atoms with van der Waals surface area (Å²) in [5.74, 6) is 2.04. The van der Waals surface area contributed by atoms with Crippen LogP contribution in [0.3, 0.4) is 0 Å². The van der Waals surface area contributed by atoms with E-state index in [4.69, 9.17) is 9.72 Å². The molecule has 6 heteroatoms. The Bertz CT molecular complexity index is 2880. The molecular weight excluding hydrogens is 928 g/mol. The van der Waals surface area contributed by atoms with Crippen LogP contribution in [0.15, 0.2) is 158 Å². The molecular formula is C55H51N4OPt-3. The van der Waals surface area contributed by atoms with E-state index in [2.05, 4.69) is 228 Å². The molecule has 5 nitrogen and oxygen atoms in total. The molecule has 1 aliphatic heterocycles. The normalized spacial score (nSPS) is 13.2. The maximum Gasteiger partial charge on any atom is 0.135 e. The van der Waals surface area contributed by atoms with E-state index >= 15 is 0 Å². The molecule has 3 heterocycles. The molecule has 1 aliphatic rings. The zero-order valence-corrected chi connectivity index (χ0v) is 38.4. The Morgan fingerprint density at radius 2 is 1.21 bits per heavy atom. The standard InChI is InChI=1S/C55H51N4O.Pt/c1-53(2,3)41-20-15-21-44(32-41)57-28-29-58(37-57)45-30-39(38-16-11-9-12-17-38)31-47(35-45)60-46-23-25-49-48-24-22-43(55(7,8)40-18-13-10-14-19-40)33-50(48)59(51(49)36-46)52-34-42(26-27-56-52)54(4,5)6;/h9-34,37H,1-8H3;/q-3;. The average molecular weight is 979 g/mol. The van der Waals surface area contributed by atoms with E-state index in [0.717, 1.165) is 50.1 Å². The maximum atomic E-state index is 6.79. The molecule has 6 aromatic carbocycles. The fourth-order valence-corrected chi connectivity index (χ4v) is 8.06. The molecule has 0 N–H and O–H groups in total. The van der Waals surface area contributed by atoms with Crippen molar-refractivity contribution >= 4 is 33.2 Å². The van der Waals surface area contributed by atoms with Gasteiger partial charge < -0.3 is 19.1 Å². The van der Waals surface area contributed by atoms with Gasteiger partial charge in [0.25, 0.3) is 0 Å². The van der Waals surface area contributed by atoms with Gasteiger partial charge in [-0.05, 0) is 86.8 Å². The second kappa shape index (κ2) is 16.2. The number of benzene rings is 6. The Morgan fingerprint density at radius 3 is 1.95 bits per heavy atom. The van der Waals surface area contributed by atoms with Crippen LogP contribution in [0, 0.1) is 18.8 Å². The summed E-state index contributed by atoms with van der Waals surface area (Å²) in [5.41, 5.74) is 10.8. The van der Waals surface area contributed by atoms with Gasteiger partial charge in [-0.2, -0.15) is 6.07 Å². The molecule has 0 radical (unpaired) electrons. The van der Waals surface area contributed by atoms with Gasteiger partial charge in [-0.25, -0.2) is 4.98 Å². The molecule has 61 heavy (non-hydrogen) atoms. The van der Waals surface area contributed by atoms with Crippen LogP contribution in [0.5, 0.6) is 11.5 Å². The minimum atomic E-state index is -0.220. The topological polar surface area (TPSA) is 33.5 Å². The molecule has 310 valence electrons. The molecule has 0 saturated heterocycles. The third-order valence-electron chi connectivity index (χ3n) is 11.8. The summed E-state index contributed by atoms with van der Waals surface area (Å²) in [6.45, 7) is 20.1. The number of rotatable bonds is 8. The van der Waals surface area contributed by atoms with Crippen molar-refractivity contribution in [3.63, 3.8) is 0 Å². The van der Waals surface area contributed by atoms with Gasteiger partial charge in [-0.1, -0.05) is 146 Å². The number of anilines is 2. The third-order valence-corrected chi connectivity index (χ3v) is 11.8. The number of hydrogen-bond donors (Lipinski definition) is 0. The van der Waals surface area contributed by atoms with E-state index < -0.39 is 0 Å². The number of aromatic nitrogens is 2. The zero-order valence-electron chi connectivity index (χ0n) is 36.1. The summed E-state index contributed by atoms with van der Waals surface area (Å²) in [4.78, 5) is 9.22. The quantitative estimate of drug-likeness (QED) is 0.142. The zero-order chi connectivity index (χ0) is 41.8. The predicted octanol–water partition coefficient (Wildman–Crippen LogP) is 14.1. The number of fused-ring (bicyclic) bond motifs is 3. The van der Waals surface area contributed by atoms with Crippen molar-refractivity contribution in [3.8, 4) is 28.4 Å². The summed E-state index contributed by atoms with van der Waals surface area (Å²) in [6, 6.07) is 56.7. The van der Waals surface area contributed by atoms with Crippen molar-refractivity contribution in [1.82, 2.24) is 9.55 Å². The Morgan fingerprint density at radius 1 is 0.541 bits per heavy atom. The molecule has 2 aromatic heterocycles. The Kier molecular flexibility index (Phi) is 11.1. The van der Waals surface area contributed by atoms with Gasteiger partial charge in [0.2, 0.25) is 0 Å². The summed E-state index contributed by atoms with van der Waals surface area (Å²) in [7, 11) is 0. The van der Waals surface area contributed by atoms with Gasteiger partial charge in [0.1, 0.15) is 5.82 Å². The first kappa shape index (κ1) is 41.8. The van der Waals surface area contributed by atoms with Gasteiger partial charge in [-0.15, -0.1) is 53.6 Å². The molecule has 9 rings (SSSR count). The SMILES string of the molecule is CC(C)(C)c1cccc(N2C=CN(c3[c-]c(Oc4[c-]c5c(cc4)c4ccc(C(C)(C)c6ccccc6)cc4n5-c4cc(C(C)(C)C)ccn4)cc(-c4ccccc4)c3)[CH-]2)c1.[Pt]. The molecule has 0 atom stereocenters. The largest absolute Gasteiger partial charge is 0.509 e. The summed E-state index contributed by atoms with van der Waals surface area (Å²) in [6.07, 6.45) is 6.07. The van der Waals surface area contributed by atoms with Crippen LogP contribution in [0.4, 0.5) is 11.4 Å².